The summed E-state index contributed by atoms with van der Waals surface area (Å²) >= 11 is 5.82. The van der Waals surface area contributed by atoms with Crippen molar-refractivity contribution in [1.29, 1.82) is 0 Å². The molecule has 0 spiro atoms. The van der Waals surface area contributed by atoms with E-state index in [1.165, 1.54) is 6.08 Å². The summed E-state index contributed by atoms with van der Waals surface area (Å²) in [7, 11) is 0. The number of nitrogens with one attached hydrogen (secondary N) is 1. The first kappa shape index (κ1) is 10.2. The molecule has 0 saturated heterocycles. The monoisotopic (exact) mass is 223 g/mol. The highest BCUT2D eigenvalue weighted by atomic mass is 35.5. The molecule has 1 heterocycles. The van der Waals surface area contributed by atoms with Crippen LogP contribution >= 0.6 is 11.6 Å². The third-order valence-corrected chi connectivity index (χ3v) is 2.73. The summed E-state index contributed by atoms with van der Waals surface area (Å²) in [4.78, 5) is 11.6. The van der Waals surface area contributed by atoms with E-state index in [4.69, 9.17) is 11.6 Å². The number of amides is 1. The molecule has 1 atom stereocenters. The zero-order chi connectivity index (χ0) is 11.1. The van der Waals surface area contributed by atoms with Gasteiger partial charge in [0.1, 0.15) is 0 Å². The van der Waals surface area contributed by atoms with Gasteiger partial charge in [-0.1, -0.05) is 17.7 Å². The normalized spacial score (nSPS) is 23.5. The van der Waals surface area contributed by atoms with Gasteiger partial charge in [-0.25, -0.2) is 0 Å². The lowest BCUT2D eigenvalue weighted by molar-refractivity contribution is -0.133. The molecule has 1 unspecified atom stereocenters. The highest BCUT2D eigenvalue weighted by molar-refractivity contribution is 6.31. The van der Waals surface area contributed by atoms with Crippen molar-refractivity contribution in [3.05, 3.63) is 41.4 Å². The van der Waals surface area contributed by atoms with Crippen LogP contribution in [0.25, 0.3) is 0 Å². The van der Waals surface area contributed by atoms with Crippen LogP contribution in [0.2, 0.25) is 5.02 Å². The Morgan fingerprint density at radius 3 is 3.00 bits per heavy atom. The lowest BCUT2D eigenvalue weighted by Gasteiger charge is -2.18. The Kier molecular flexibility index (Phi) is 2.29. The minimum absolute atomic E-state index is 0.173. The average Bonchev–Trinajstić information content (AvgIpc) is 2.42. The van der Waals surface area contributed by atoms with E-state index in [0.29, 0.717) is 16.3 Å². The van der Waals surface area contributed by atoms with Crippen molar-refractivity contribution in [2.75, 3.05) is 5.32 Å². The van der Waals surface area contributed by atoms with Gasteiger partial charge in [0, 0.05) is 22.7 Å². The fraction of sp³-hybridized carbons (Fsp3) is 0.182. The molecule has 2 rings (SSSR count). The van der Waals surface area contributed by atoms with Crippen molar-refractivity contribution in [3.63, 3.8) is 0 Å². The Labute approximate surface area is 92.4 Å². The summed E-state index contributed by atoms with van der Waals surface area (Å²) in [5.41, 5.74) is -0.407. The van der Waals surface area contributed by atoms with Crippen LogP contribution in [0, 0.1) is 0 Å². The summed E-state index contributed by atoms with van der Waals surface area (Å²) in [6.45, 7) is 3.53. The molecule has 1 amide bonds. The SMILES string of the molecule is C=CCC1(O)C(=O)Nc2ccc(Cl)cc21. The number of fused-ring (bicyclic) bond motifs is 1. The van der Waals surface area contributed by atoms with Crippen LogP contribution in [-0.4, -0.2) is 11.0 Å². The number of aliphatic hydroxyl groups is 1. The van der Waals surface area contributed by atoms with E-state index in [1.807, 2.05) is 0 Å². The molecule has 1 aromatic carbocycles. The molecule has 4 heteroatoms. The molecule has 0 radical (unpaired) electrons. The van der Waals surface area contributed by atoms with E-state index in [2.05, 4.69) is 11.9 Å². The molecule has 15 heavy (non-hydrogen) atoms. The van der Waals surface area contributed by atoms with Gasteiger partial charge >= 0.3 is 0 Å². The highest BCUT2D eigenvalue weighted by Crippen LogP contribution is 2.39. The van der Waals surface area contributed by atoms with Crippen LogP contribution in [0.3, 0.4) is 0 Å². The number of halogens is 1. The maximum atomic E-state index is 11.6. The van der Waals surface area contributed by atoms with Gasteiger partial charge in [0.25, 0.3) is 5.91 Å². The Hall–Kier alpha value is -1.32. The first-order valence-electron chi connectivity index (χ1n) is 4.52. The van der Waals surface area contributed by atoms with Crippen molar-refractivity contribution < 1.29 is 9.90 Å². The second-order valence-electron chi connectivity index (χ2n) is 3.50. The van der Waals surface area contributed by atoms with Crippen molar-refractivity contribution in [2.24, 2.45) is 0 Å². The van der Waals surface area contributed by atoms with Crippen LogP contribution in [0.15, 0.2) is 30.9 Å². The summed E-state index contributed by atoms with van der Waals surface area (Å²) in [5.74, 6) is -0.431. The molecular weight excluding hydrogens is 214 g/mol. The Balaban J connectivity index is 2.57. The van der Waals surface area contributed by atoms with Gasteiger partial charge in [-0.3, -0.25) is 4.79 Å². The minimum atomic E-state index is -1.53. The molecule has 1 aromatic rings. The van der Waals surface area contributed by atoms with Crippen molar-refractivity contribution in [3.8, 4) is 0 Å². The standard InChI is InChI=1S/C11H10ClNO2/c1-2-5-11(15)8-6-7(12)3-4-9(8)13-10(11)14/h2-4,6,15H,1,5H2,(H,13,14). The molecule has 78 valence electrons. The maximum absolute atomic E-state index is 11.6. The number of anilines is 1. The summed E-state index contributed by atoms with van der Waals surface area (Å²) in [5, 5.41) is 13.3. The molecule has 1 aliphatic heterocycles. The number of carbonyl (C=O) groups is 1. The van der Waals surface area contributed by atoms with Gasteiger partial charge in [0.2, 0.25) is 0 Å². The number of hydrogen-bond acceptors (Lipinski definition) is 2. The summed E-state index contributed by atoms with van der Waals surface area (Å²) in [6, 6.07) is 4.94. The van der Waals surface area contributed by atoms with E-state index in [9.17, 15) is 9.90 Å². The topological polar surface area (TPSA) is 49.3 Å². The third kappa shape index (κ3) is 1.44. The van der Waals surface area contributed by atoms with Gasteiger partial charge in [0.15, 0.2) is 5.60 Å². The van der Waals surface area contributed by atoms with Crippen molar-refractivity contribution in [1.82, 2.24) is 0 Å². The van der Waals surface area contributed by atoms with Crippen LogP contribution in [0.1, 0.15) is 12.0 Å². The Morgan fingerprint density at radius 2 is 2.33 bits per heavy atom. The van der Waals surface area contributed by atoms with E-state index < -0.39 is 11.5 Å². The predicted molar refractivity (Wildman–Crippen MR) is 58.8 cm³/mol. The summed E-state index contributed by atoms with van der Waals surface area (Å²) in [6.07, 6.45) is 1.68. The minimum Gasteiger partial charge on any atom is -0.375 e. The molecule has 0 saturated carbocycles. The van der Waals surface area contributed by atoms with Crippen molar-refractivity contribution in [2.45, 2.75) is 12.0 Å². The second kappa shape index (κ2) is 3.36. The maximum Gasteiger partial charge on any atom is 0.261 e. The van der Waals surface area contributed by atoms with Gasteiger partial charge in [0.05, 0.1) is 0 Å². The number of hydrogen-bond donors (Lipinski definition) is 2. The Morgan fingerprint density at radius 1 is 1.60 bits per heavy atom. The second-order valence-corrected chi connectivity index (χ2v) is 3.93. The largest absolute Gasteiger partial charge is 0.375 e. The fourth-order valence-corrected chi connectivity index (χ4v) is 1.90. The lowest BCUT2D eigenvalue weighted by Crippen LogP contribution is -2.33. The first-order chi connectivity index (χ1) is 7.08. The van der Waals surface area contributed by atoms with Gasteiger partial charge < -0.3 is 10.4 Å². The van der Waals surface area contributed by atoms with E-state index in [-0.39, 0.29) is 6.42 Å². The van der Waals surface area contributed by atoms with Crippen LogP contribution in [0.4, 0.5) is 5.69 Å². The zero-order valence-corrected chi connectivity index (χ0v) is 8.71. The van der Waals surface area contributed by atoms with Gasteiger partial charge in [-0.2, -0.15) is 0 Å². The molecule has 2 N–H and O–H groups in total. The average molecular weight is 224 g/mol. The summed E-state index contributed by atoms with van der Waals surface area (Å²) < 4.78 is 0. The third-order valence-electron chi connectivity index (χ3n) is 2.49. The quantitative estimate of drug-likeness (QED) is 0.754. The van der Waals surface area contributed by atoms with Crippen molar-refractivity contribution >= 4 is 23.2 Å². The Bertz CT molecular complexity index is 444. The van der Waals surface area contributed by atoms with E-state index >= 15 is 0 Å². The zero-order valence-electron chi connectivity index (χ0n) is 7.96. The molecule has 0 aromatic heterocycles. The van der Waals surface area contributed by atoms with E-state index in [0.717, 1.165) is 0 Å². The fourth-order valence-electron chi connectivity index (χ4n) is 1.73. The van der Waals surface area contributed by atoms with Crippen LogP contribution in [-0.2, 0) is 10.4 Å². The number of carbonyl (C=O) groups excluding carboxylic acids is 1. The van der Waals surface area contributed by atoms with Crippen LogP contribution in [0.5, 0.6) is 0 Å². The number of rotatable bonds is 2. The van der Waals surface area contributed by atoms with E-state index in [1.54, 1.807) is 18.2 Å². The highest BCUT2D eigenvalue weighted by Gasteiger charge is 2.44. The molecule has 0 bridgehead atoms. The van der Waals surface area contributed by atoms with Gasteiger partial charge in [-0.05, 0) is 18.2 Å². The molecular formula is C11H10ClNO2. The molecule has 0 aliphatic carbocycles. The molecule has 1 aliphatic rings. The first-order valence-corrected chi connectivity index (χ1v) is 4.90. The number of benzene rings is 1. The van der Waals surface area contributed by atoms with Crippen LogP contribution < -0.4 is 5.32 Å². The molecule has 3 nitrogen and oxygen atoms in total. The molecule has 0 fully saturated rings. The van der Waals surface area contributed by atoms with Gasteiger partial charge in [-0.15, -0.1) is 6.58 Å². The predicted octanol–water partition coefficient (Wildman–Crippen LogP) is 2.06. The lowest BCUT2D eigenvalue weighted by atomic mass is 9.92. The smallest absolute Gasteiger partial charge is 0.261 e.